The second-order valence-electron chi connectivity index (χ2n) is 14.4. The van der Waals surface area contributed by atoms with Gasteiger partial charge in [-0.15, -0.1) is 0 Å². The van der Waals surface area contributed by atoms with E-state index in [1.807, 2.05) is 0 Å². The highest BCUT2D eigenvalue weighted by atomic mass is 15.1. The van der Waals surface area contributed by atoms with Gasteiger partial charge in [-0.05, 0) is 114 Å². The number of hydrogen-bond donors (Lipinski definition) is 0. The molecule has 0 atom stereocenters. The summed E-state index contributed by atoms with van der Waals surface area (Å²) in [5.74, 6) is 0. The maximum Gasteiger partial charge on any atom is 0.0361 e. The van der Waals surface area contributed by atoms with Crippen molar-refractivity contribution >= 4 is 55.4 Å². The number of rotatable bonds is 8. The van der Waals surface area contributed by atoms with Gasteiger partial charge >= 0.3 is 0 Å². The van der Waals surface area contributed by atoms with Crippen LogP contribution in [0.2, 0.25) is 0 Å². The Bertz CT molecular complexity index is 2130. The standard InChI is InChI=1S/C48H48N4/c1-49(2)37-25-17-33(18-26-37)45(34-19-27-38(28-20-34)50(3)4)47-41-13-9-11-15-43(41)48(44-16-12-10-14-42(44)47)46(35-21-29-39(30-22-35)51(5)6)36-23-31-40(32-24-36)52(7)8/h9-32H,1-8H3. The molecule has 0 saturated carbocycles. The third kappa shape index (κ3) is 6.49. The second kappa shape index (κ2) is 14.3. The van der Waals surface area contributed by atoms with Crippen LogP contribution < -0.4 is 30.0 Å². The van der Waals surface area contributed by atoms with Gasteiger partial charge in [-0.25, -0.2) is 0 Å². The highest BCUT2D eigenvalue weighted by Gasteiger charge is 2.17. The number of anilines is 4. The quantitative estimate of drug-likeness (QED) is 0.149. The summed E-state index contributed by atoms with van der Waals surface area (Å²) in [5, 5.41) is 7.41. The lowest BCUT2D eigenvalue weighted by molar-refractivity contribution is 1.13. The maximum atomic E-state index is 2.31. The zero-order valence-electron chi connectivity index (χ0n) is 31.6. The summed E-state index contributed by atoms with van der Waals surface area (Å²) in [5.41, 5.74) is 11.9. The smallest absolute Gasteiger partial charge is 0.0361 e. The first kappa shape index (κ1) is 34.4. The molecule has 0 fully saturated rings. The summed E-state index contributed by atoms with van der Waals surface area (Å²) in [6.45, 7) is 0. The molecule has 7 aromatic rings. The highest BCUT2D eigenvalue weighted by Crippen LogP contribution is 2.31. The molecule has 0 heterocycles. The Hall–Kier alpha value is -6.00. The van der Waals surface area contributed by atoms with Crippen LogP contribution in [0.4, 0.5) is 22.7 Å². The summed E-state index contributed by atoms with van der Waals surface area (Å²) < 4.78 is 0. The molecule has 0 unspecified atom stereocenters. The first-order valence-electron chi connectivity index (χ1n) is 17.9. The van der Waals surface area contributed by atoms with E-state index in [2.05, 4.69) is 222 Å². The van der Waals surface area contributed by atoms with Gasteiger partial charge < -0.3 is 19.6 Å². The van der Waals surface area contributed by atoms with E-state index in [4.69, 9.17) is 0 Å². The lowest BCUT2D eigenvalue weighted by Crippen LogP contribution is -2.21. The van der Waals surface area contributed by atoms with Gasteiger partial charge in [0.1, 0.15) is 0 Å². The molecule has 0 aliphatic carbocycles. The molecule has 0 spiro atoms. The summed E-state index contributed by atoms with van der Waals surface area (Å²) in [7, 11) is 16.7. The molecular weight excluding hydrogens is 633 g/mol. The van der Waals surface area contributed by atoms with E-state index in [0.717, 1.165) is 0 Å². The van der Waals surface area contributed by atoms with Crippen molar-refractivity contribution in [3.63, 3.8) is 0 Å². The maximum absolute atomic E-state index is 2.31. The van der Waals surface area contributed by atoms with E-state index in [1.54, 1.807) is 0 Å². The molecule has 0 N–H and O–H groups in total. The van der Waals surface area contributed by atoms with Gasteiger partial charge in [-0.1, -0.05) is 97.1 Å². The number of benzene rings is 7. The second-order valence-corrected chi connectivity index (χ2v) is 14.4. The van der Waals surface area contributed by atoms with Crippen LogP contribution in [0.15, 0.2) is 146 Å². The van der Waals surface area contributed by atoms with Crippen molar-refractivity contribution in [3.8, 4) is 0 Å². The Morgan fingerprint density at radius 2 is 0.462 bits per heavy atom. The normalized spacial score (nSPS) is 11.1. The van der Waals surface area contributed by atoms with E-state index < -0.39 is 0 Å². The Morgan fingerprint density at radius 1 is 0.269 bits per heavy atom. The van der Waals surface area contributed by atoms with Crippen LogP contribution in [0.1, 0.15) is 22.3 Å². The molecule has 0 bridgehead atoms. The molecule has 7 aromatic carbocycles. The van der Waals surface area contributed by atoms with Crippen LogP contribution in [0, 0.1) is 0 Å². The first-order valence-corrected chi connectivity index (χ1v) is 17.9. The Kier molecular flexibility index (Phi) is 9.49. The molecule has 4 nitrogen and oxygen atoms in total. The molecular formula is C48H48N4. The minimum absolute atomic E-state index is 1.18. The molecule has 0 aliphatic rings. The van der Waals surface area contributed by atoms with Crippen molar-refractivity contribution < 1.29 is 0 Å². The van der Waals surface area contributed by atoms with Crippen molar-refractivity contribution in [3.05, 3.63) is 178 Å². The predicted molar refractivity (Wildman–Crippen MR) is 227 cm³/mol. The van der Waals surface area contributed by atoms with E-state index in [0.29, 0.717) is 0 Å². The van der Waals surface area contributed by atoms with Gasteiger partial charge in [-0.3, -0.25) is 0 Å². The number of fused-ring (bicyclic) bond motifs is 2. The van der Waals surface area contributed by atoms with Gasteiger partial charge in [0.05, 0.1) is 0 Å². The van der Waals surface area contributed by atoms with Crippen molar-refractivity contribution in [2.45, 2.75) is 0 Å². The van der Waals surface area contributed by atoms with E-state index in [-0.39, 0.29) is 0 Å². The third-order valence-electron chi connectivity index (χ3n) is 10.1. The van der Waals surface area contributed by atoms with Crippen molar-refractivity contribution in [2.24, 2.45) is 0 Å². The molecule has 0 saturated heterocycles. The van der Waals surface area contributed by atoms with Gasteiger partial charge in [0.15, 0.2) is 0 Å². The van der Waals surface area contributed by atoms with Crippen LogP contribution in [0.5, 0.6) is 0 Å². The molecule has 0 aromatic heterocycles. The zero-order valence-corrected chi connectivity index (χ0v) is 31.6. The van der Waals surface area contributed by atoms with Crippen LogP contribution in [0.25, 0.3) is 32.7 Å². The largest absolute Gasteiger partial charge is 0.378 e. The van der Waals surface area contributed by atoms with Crippen LogP contribution in [-0.4, -0.2) is 56.4 Å². The summed E-state index contributed by atoms with van der Waals surface area (Å²) in [6.07, 6.45) is 0. The van der Waals surface area contributed by atoms with Gasteiger partial charge in [-0.2, -0.15) is 0 Å². The van der Waals surface area contributed by atoms with E-state index >= 15 is 0 Å². The van der Waals surface area contributed by atoms with Gasteiger partial charge in [0, 0.05) is 79.1 Å². The van der Waals surface area contributed by atoms with Crippen LogP contribution in [0.3, 0.4) is 0 Å². The molecule has 260 valence electrons. The fraction of sp³-hybridized carbons (Fsp3) is 0.167. The minimum atomic E-state index is 1.18. The van der Waals surface area contributed by atoms with Crippen LogP contribution in [-0.2, 0) is 0 Å². The third-order valence-corrected chi connectivity index (χ3v) is 10.1. The zero-order chi connectivity index (χ0) is 36.5. The number of nitrogens with zero attached hydrogens (tertiary/aromatic N) is 4. The molecule has 52 heavy (non-hydrogen) atoms. The predicted octanol–water partition coefficient (Wildman–Crippen LogP) is 8.75. The molecule has 0 radical (unpaired) electrons. The van der Waals surface area contributed by atoms with Crippen LogP contribution >= 0.6 is 0 Å². The fourth-order valence-electron chi connectivity index (χ4n) is 7.28. The van der Waals surface area contributed by atoms with E-state index in [1.165, 1.54) is 88.1 Å². The molecule has 0 aliphatic heterocycles. The number of hydrogen-bond acceptors (Lipinski definition) is 4. The minimum Gasteiger partial charge on any atom is -0.378 e. The van der Waals surface area contributed by atoms with Crippen molar-refractivity contribution in [2.75, 3.05) is 76.0 Å². The lowest BCUT2D eigenvalue weighted by atomic mass is 9.86. The molecule has 0 amide bonds. The van der Waals surface area contributed by atoms with Crippen molar-refractivity contribution in [1.82, 2.24) is 0 Å². The first-order chi connectivity index (χ1) is 25.1. The summed E-state index contributed by atoms with van der Waals surface area (Å²) in [4.78, 5) is 8.62. The Balaban J connectivity index is 1.70. The molecule has 7 rings (SSSR count). The topological polar surface area (TPSA) is 13.0 Å². The highest BCUT2D eigenvalue weighted by molar-refractivity contribution is 6.06. The average molecular weight is 681 g/mol. The van der Waals surface area contributed by atoms with Crippen molar-refractivity contribution in [1.29, 1.82) is 0 Å². The van der Waals surface area contributed by atoms with Gasteiger partial charge in [0.2, 0.25) is 0 Å². The Morgan fingerprint density at radius 3 is 0.635 bits per heavy atom. The summed E-state index contributed by atoms with van der Waals surface area (Å²) >= 11 is 0. The molecule has 4 heteroatoms. The van der Waals surface area contributed by atoms with E-state index in [9.17, 15) is 0 Å². The van der Waals surface area contributed by atoms with Gasteiger partial charge in [0.25, 0.3) is 0 Å². The lowest BCUT2D eigenvalue weighted by Gasteiger charge is -2.19. The summed E-state index contributed by atoms with van der Waals surface area (Å²) in [6, 6.07) is 54.0. The Labute approximate surface area is 308 Å². The monoisotopic (exact) mass is 680 g/mol. The fourth-order valence-corrected chi connectivity index (χ4v) is 7.28. The SMILES string of the molecule is CN(C)c1ccc(C(c2ccc(N(C)C)cc2)=c2c3ccccc3c(=C(c3ccc(N(C)C)cc3)c3ccc(N(C)C)cc3)c3ccccc23)cc1. The average Bonchev–Trinajstić information content (AvgIpc) is 3.16.